The van der Waals surface area contributed by atoms with Crippen LogP contribution in [0.3, 0.4) is 0 Å². The number of hydrogen-bond acceptors (Lipinski definition) is 7. The fraction of sp³-hybridized carbons (Fsp3) is 0.538. The summed E-state index contributed by atoms with van der Waals surface area (Å²) in [5.74, 6) is 0.967. The fourth-order valence-corrected chi connectivity index (χ4v) is 3.39. The Morgan fingerprint density at radius 3 is 2.73 bits per heavy atom. The molecular weight excluding hydrogens is 320 g/mol. The van der Waals surface area contributed by atoms with Gasteiger partial charge in [0.05, 0.1) is 11.4 Å². The highest BCUT2D eigenvalue weighted by molar-refractivity contribution is 7.99. The zero-order valence-corrected chi connectivity index (χ0v) is 15.0. The van der Waals surface area contributed by atoms with Gasteiger partial charge in [0.25, 0.3) is 0 Å². The number of aryl methyl sites for hydroxylation is 1. The minimum absolute atomic E-state index is 0.0935. The summed E-state index contributed by atoms with van der Waals surface area (Å²) in [5, 5.41) is 14.4. The van der Waals surface area contributed by atoms with Crippen molar-refractivity contribution in [2.24, 2.45) is 0 Å². The van der Waals surface area contributed by atoms with Crippen LogP contribution < -0.4 is 10.2 Å². The monoisotopic (exact) mass is 340 g/mol. The number of amides is 1. The number of carbonyl (C=O) groups is 1. The van der Waals surface area contributed by atoms with Crippen LogP contribution in [0.15, 0.2) is 10.5 Å². The Bertz CT molecular complexity index is 649. The highest BCUT2D eigenvalue weighted by Gasteiger charge is 2.17. The number of rotatable bonds is 6. The van der Waals surface area contributed by atoms with E-state index in [2.05, 4.69) is 34.3 Å². The summed E-state index contributed by atoms with van der Waals surface area (Å²) in [6.45, 7) is 6.03. The first-order valence-corrected chi connectivity index (χ1v) is 8.72. The molecule has 7 nitrogen and oxygen atoms in total. The van der Waals surface area contributed by atoms with Crippen molar-refractivity contribution in [3.63, 3.8) is 0 Å². The van der Waals surface area contributed by atoms with Crippen molar-refractivity contribution in [1.29, 1.82) is 0 Å². The number of nitrogens with one attached hydrogen (secondary N) is 1. The minimum Gasteiger partial charge on any atom is -0.347 e. The molecule has 0 saturated heterocycles. The lowest BCUT2D eigenvalue weighted by atomic mass is 10.4. The van der Waals surface area contributed by atoms with Crippen molar-refractivity contribution in [3.05, 3.63) is 11.1 Å². The first-order chi connectivity index (χ1) is 10.4. The molecule has 0 unspecified atom stereocenters. The molecule has 0 radical (unpaired) electrons. The molecule has 0 bridgehead atoms. The number of carbonyl (C=O) groups excluding carboxylic acids is 1. The van der Waals surface area contributed by atoms with Crippen molar-refractivity contribution < 1.29 is 4.79 Å². The Hall–Kier alpha value is -1.61. The second-order valence-electron chi connectivity index (χ2n) is 5.27. The molecule has 2 heterocycles. The average Bonchev–Trinajstić information content (AvgIpc) is 3.02. The highest BCUT2D eigenvalue weighted by Crippen LogP contribution is 2.25. The molecule has 0 aliphatic carbocycles. The molecule has 22 heavy (non-hydrogen) atoms. The standard InChI is InChI=1S/C13H20N6OS2/c1-8(2)19-12(18(4)5)16-17-13(19)22-7-10(20)15-11-14-9(3)6-21-11/h6,8H,7H2,1-5H3,(H,14,15,20). The van der Waals surface area contributed by atoms with Gasteiger partial charge in [0.1, 0.15) is 0 Å². The van der Waals surface area contributed by atoms with Crippen LogP contribution in [0.5, 0.6) is 0 Å². The Kier molecular flexibility index (Phi) is 5.41. The molecule has 120 valence electrons. The van der Waals surface area contributed by atoms with Gasteiger partial charge in [-0.05, 0) is 20.8 Å². The van der Waals surface area contributed by atoms with E-state index in [1.807, 2.05) is 35.9 Å². The molecule has 0 fully saturated rings. The summed E-state index contributed by atoms with van der Waals surface area (Å²) in [6, 6.07) is 0.222. The zero-order valence-electron chi connectivity index (χ0n) is 13.3. The highest BCUT2D eigenvalue weighted by atomic mass is 32.2. The van der Waals surface area contributed by atoms with Crippen LogP contribution >= 0.6 is 23.1 Å². The first kappa shape index (κ1) is 16.8. The van der Waals surface area contributed by atoms with Gasteiger partial charge < -0.3 is 10.2 Å². The third-order valence-corrected chi connectivity index (χ3v) is 4.58. The number of anilines is 2. The predicted octanol–water partition coefficient (Wildman–Crippen LogP) is 2.42. The van der Waals surface area contributed by atoms with Gasteiger partial charge in [0.2, 0.25) is 11.9 Å². The van der Waals surface area contributed by atoms with E-state index in [9.17, 15) is 4.79 Å². The minimum atomic E-state index is -0.0935. The lowest BCUT2D eigenvalue weighted by molar-refractivity contribution is -0.113. The molecule has 0 spiro atoms. The van der Waals surface area contributed by atoms with Crippen LogP contribution in [0.4, 0.5) is 11.1 Å². The summed E-state index contributed by atoms with van der Waals surface area (Å²) < 4.78 is 2.02. The van der Waals surface area contributed by atoms with Crippen molar-refractivity contribution in [2.75, 3.05) is 30.1 Å². The van der Waals surface area contributed by atoms with Gasteiger partial charge in [0, 0.05) is 25.5 Å². The second kappa shape index (κ2) is 7.10. The summed E-state index contributed by atoms with van der Waals surface area (Å²) in [6.07, 6.45) is 0. The Morgan fingerprint density at radius 1 is 1.45 bits per heavy atom. The largest absolute Gasteiger partial charge is 0.347 e. The summed E-state index contributed by atoms with van der Waals surface area (Å²) in [5.41, 5.74) is 0.906. The van der Waals surface area contributed by atoms with Crippen LogP contribution in [0.1, 0.15) is 25.6 Å². The second-order valence-corrected chi connectivity index (χ2v) is 7.07. The van der Waals surface area contributed by atoms with Gasteiger partial charge >= 0.3 is 0 Å². The molecule has 1 amide bonds. The smallest absolute Gasteiger partial charge is 0.236 e. The lowest BCUT2D eigenvalue weighted by Crippen LogP contribution is -2.18. The Labute approximate surface area is 138 Å². The molecule has 0 saturated carbocycles. The van der Waals surface area contributed by atoms with E-state index in [4.69, 9.17) is 0 Å². The predicted molar refractivity (Wildman–Crippen MR) is 90.9 cm³/mol. The van der Waals surface area contributed by atoms with Gasteiger partial charge in [-0.25, -0.2) is 4.98 Å². The maximum atomic E-state index is 12.0. The molecule has 1 N–H and O–H groups in total. The molecule has 0 aromatic carbocycles. The normalized spacial score (nSPS) is 11.0. The molecule has 0 aliphatic rings. The van der Waals surface area contributed by atoms with E-state index in [1.165, 1.54) is 23.1 Å². The van der Waals surface area contributed by atoms with Gasteiger partial charge in [-0.15, -0.1) is 21.5 Å². The van der Waals surface area contributed by atoms with Gasteiger partial charge in [0.15, 0.2) is 10.3 Å². The topological polar surface area (TPSA) is 75.9 Å². The molecule has 0 atom stereocenters. The average molecular weight is 340 g/mol. The third-order valence-electron chi connectivity index (χ3n) is 2.76. The lowest BCUT2D eigenvalue weighted by Gasteiger charge is -2.17. The van der Waals surface area contributed by atoms with Crippen LogP contribution in [0, 0.1) is 6.92 Å². The van der Waals surface area contributed by atoms with Crippen molar-refractivity contribution in [2.45, 2.75) is 32.0 Å². The zero-order chi connectivity index (χ0) is 16.3. The Balaban J connectivity index is 2.00. The number of aromatic nitrogens is 4. The number of thioether (sulfide) groups is 1. The summed E-state index contributed by atoms with van der Waals surface area (Å²) in [4.78, 5) is 18.1. The number of hydrogen-bond donors (Lipinski definition) is 1. The SMILES string of the molecule is Cc1csc(NC(=O)CSc2nnc(N(C)C)n2C(C)C)n1. The van der Waals surface area contributed by atoms with Crippen LogP contribution in [0.25, 0.3) is 0 Å². The number of nitrogens with zero attached hydrogens (tertiary/aromatic N) is 5. The van der Waals surface area contributed by atoms with E-state index in [-0.39, 0.29) is 17.7 Å². The quantitative estimate of drug-likeness (QED) is 0.814. The van der Waals surface area contributed by atoms with E-state index in [0.717, 1.165) is 16.8 Å². The first-order valence-electron chi connectivity index (χ1n) is 6.85. The summed E-state index contributed by atoms with van der Waals surface area (Å²) in [7, 11) is 3.85. The van der Waals surface area contributed by atoms with Gasteiger partial charge in [-0.3, -0.25) is 9.36 Å². The van der Waals surface area contributed by atoms with Crippen LogP contribution in [-0.4, -0.2) is 45.5 Å². The molecule has 9 heteroatoms. The maximum Gasteiger partial charge on any atom is 0.236 e. The maximum absolute atomic E-state index is 12.0. The van der Waals surface area contributed by atoms with E-state index >= 15 is 0 Å². The van der Waals surface area contributed by atoms with Crippen molar-refractivity contribution in [1.82, 2.24) is 19.7 Å². The van der Waals surface area contributed by atoms with Gasteiger partial charge in [-0.1, -0.05) is 11.8 Å². The third kappa shape index (κ3) is 3.98. The van der Waals surface area contributed by atoms with E-state index in [0.29, 0.717) is 5.13 Å². The Morgan fingerprint density at radius 2 is 2.18 bits per heavy atom. The molecule has 2 rings (SSSR count). The summed E-state index contributed by atoms with van der Waals surface area (Å²) >= 11 is 2.80. The molecule has 0 aliphatic heterocycles. The molecular formula is C13H20N6OS2. The van der Waals surface area contributed by atoms with Crippen LogP contribution in [0.2, 0.25) is 0 Å². The molecule has 2 aromatic rings. The molecule has 2 aromatic heterocycles. The van der Waals surface area contributed by atoms with E-state index < -0.39 is 0 Å². The van der Waals surface area contributed by atoms with Crippen molar-refractivity contribution >= 4 is 40.1 Å². The van der Waals surface area contributed by atoms with E-state index in [1.54, 1.807) is 0 Å². The van der Waals surface area contributed by atoms with Gasteiger partial charge in [-0.2, -0.15) is 0 Å². The fourth-order valence-electron chi connectivity index (χ4n) is 1.82. The van der Waals surface area contributed by atoms with Crippen molar-refractivity contribution in [3.8, 4) is 0 Å². The number of thiazole rings is 1. The van der Waals surface area contributed by atoms with Crippen LogP contribution in [-0.2, 0) is 4.79 Å².